The molecule has 8 nitrogen and oxygen atoms in total. The summed E-state index contributed by atoms with van der Waals surface area (Å²) in [5, 5.41) is 17.7. The van der Waals surface area contributed by atoms with E-state index in [2.05, 4.69) is 10.3 Å². The van der Waals surface area contributed by atoms with Crippen LogP contribution in [0.2, 0.25) is 0 Å². The van der Waals surface area contributed by atoms with Crippen LogP contribution in [0, 0.1) is 0 Å². The molecule has 0 atom stereocenters. The topological polar surface area (TPSA) is 132 Å². The van der Waals surface area contributed by atoms with Gasteiger partial charge < -0.3 is 24.7 Å². The molecule has 0 unspecified atom stereocenters. The SMILES string of the molecule is O=C(Nc1ccc[nH]c1=O)OCc1ccccc1.O=C([O-])O.[Na+]. The van der Waals surface area contributed by atoms with E-state index in [1.54, 1.807) is 6.07 Å². The first-order valence-corrected chi connectivity index (χ1v) is 6.04. The number of pyridine rings is 1. The summed E-state index contributed by atoms with van der Waals surface area (Å²) in [6.07, 6.45) is -1.25. The van der Waals surface area contributed by atoms with Gasteiger partial charge in [0.1, 0.15) is 12.3 Å². The van der Waals surface area contributed by atoms with Gasteiger partial charge in [0.2, 0.25) is 6.16 Å². The number of nitrogens with one attached hydrogen (secondary N) is 2. The van der Waals surface area contributed by atoms with E-state index in [1.807, 2.05) is 30.3 Å². The van der Waals surface area contributed by atoms with Crippen molar-refractivity contribution in [3.05, 3.63) is 64.6 Å². The molecular formula is C14H13N2NaO6. The fourth-order valence-electron chi connectivity index (χ4n) is 1.39. The Morgan fingerprint density at radius 1 is 1.17 bits per heavy atom. The first-order chi connectivity index (χ1) is 10.5. The van der Waals surface area contributed by atoms with Crippen molar-refractivity contribution in [2.45, 2.75) is 6.61 Å². The molecule has 2 aromatic rings. The van der Waals surface area contributed by atoms with E-state index in [-0.39, 0.29) is 47.4 Å². The number of hydrogen-bond acceptors (Lipinski definition) is 5. The number of H-pyrrole nitrogens is 1. The number of carboxylic acid groups (broad SMARTS) is 2. The summed E-state index contributed by atoms with van der Waals surface area (Å²) >= 11 is 0. The maximum atomic E-state index is 11.5. The molecule has 0 bridgehead atoms. The largest absolute Gasteiger partial charge is 1.00 e. The molecule has 2 rings (SSSR count). The summed E-state index contributed by atoms with van der Waals surface area (Å²) in [6, 6.07) is 12.4. The zero-order chi connectivity index (χ0) is 16.4. The van der Waals surface area contributed by atoms with Crippen molar-refractivity contribution >= 4 is 17.9 Å². The second-order valence-electron chi connectivity index (χ2n) is 3.87. The first-order valence-electron chi connectivity index (χ1n) is 6.04. The van der Waals surface area contributed by atoms with Gasteiger partial charge in [0.05, 0.1) is 0 Å². The van der Waals surface area contributed by atoms with E-state index >= 15 is 0 Å². The zero-order valence-corrected chi connectivity index (χ0v) is 14.3. The average molecular weight is 328 g/mol. The molecule has 0 fully saturated rings. The normalized spacial score (nSPS) is 8.70. The van der Waals surface area contributed by atoms with Crippen molar-refractivity contribution in [3.63, 3.8) is 0 Å². The van der Waals surface area contributed by atoms with Gasteiger partial charge in [-0.15, -0.1) is 0 Å². The molecular weight excluding hydrogens is 315 g/mol. The number of carbonyl (C=O) groups is 2. The summed E-state index contributed by atoms with van der Waals surface area (Å²) < 4.78 is 4.98. The molecule has 0 spiro atoms. The summed E-state index contributed by atoms with van der Waals surface area (Å²) in [4.78, 5) is 33.7. The predicted molar refractivity (Wildman–Crippen MR) is 75.3 cm³/mol. The van der Waals surface area contributed by atoms with Crippen LogP contribution in [-0.4, -0.2) is 22.3 Å². The maximum Gasteiger partial charge on any atom is 1.00 e. The minimum absolute atomic E-state index is 0. The van der Waals surface area contributed by atoms with Gasteiger partial charge in [-0.3, -0.25) is 10.1 Å². The predicted octanol–water partition coefficient (Wildman–Crippen LogP) is -1.98. The van der Waals surface area contributed by atoms with Crippen LogP contribution in [-0.2, 0) is 11.3 Å². The number of amides is 1. The number of rotatable bonds is 3. The van der Waals surface area contributed by atoms with Gasteiger partial charge in [0.25, 0.3) is 5.56 Å². The molecule has 0 aliphatic rings. The average Bonchev–Trinajstić information content (AvgIpc) is 2.48. The first kappa shape index (κ1) is 20.7. The van der Waals surface area contributed by atoms with Crippen LogP contribution < -0.4 is 45.5 Å². The van der Waals surface area contributed by atoms with Crippen LogP contribution in [0.4, 0.5) is 15.3 Å². The van der Waals surface area contributed by atoms with Crippen molar-refractivity contribution in [1.82, 2.24) is 4.98 Å². The Morgan fingerprint density at radius 3 is 2.35 bits per heavy atom. The van der Waals surface area contributed by atoms with E-state index in [4.69, 9.17) is 19.7 Å². The third-order valence-electron chi connectivity index (χ3n) is 2.27. The maximum absolute atomic E-state index is 11.5. The molecule has 116 valence electrons. The van der Waals surface area contributed by atoms with Crippen molar-refractivity contribution in [3.8, 4) is 0 Å². The summed E-state index contributed by atoms with van der Waals surface area (Å²) in [5.41, 5.74) is 0.680. The van der Waals surface area contributed by atoms with Crippen LogP contribution in [0.15, 0.2) is 53.5 Å². The Morgan fingerprint density at radius 2 is 1.78 bits per heavy atom. The Hall–Kier alpha value is -2.29. The van der Waals surface area contributed by atoms with Gasteiger partial charge in [-0.25, -0.2) is 4.79 Å². The van der Waals surface area contributed by atoms with E-state index in [0.29, 0.717) is 0 Å². The van der Waals surface area contributed by atoms with Gasteiger partial charge in [0, 0.05) is 6.20 Å². The minimum Gasteiger partial charge on any atom is -0.565 e. The number of benzene rings is 1. The molecule has 9 heteroatoms. The van der Waals surface area contributed by atoms with E-state index in [1.165, 1.54) is 12.3 Å². The Balaban J connectivity index is 0.000000871. The fraction of sp³-hybridized carbons (Fsp3) is 0.0714. The Kier molecular flexibility index (Phi) is 10.2. The molecule has 1 heterocycles. The zero-order valence-electron chi connectivity index (χ0n) is 12.3. The molecule has 0 radical (unpaired) electrons. The summed E-state index contributed by atoms with van der Waals surface area (Å²) in [5.74, 6) is 0. The molecule has 23 heavy (non-hydrogen) atoms. The second kappa shape index (κ2) is 11.3. The molecule has 0 aliphatic carbocycles. The van der Waals surface area contributed by atoms with Gasteiger partial charge in [0.15, 0.2) is 0 Å². The van der Waals surface area contributed by atoms with Crippen LogP contribution in [0.5, 0.6) is 0 Å². The number of aromatic nitrogens is 1. The quantitative estimate of drug-likeness (QED) is 0.559. The summed E-state index contributed by atoms with van der Waals surface area (Å²) in [7, 11) is 0. The molecule has 0 saturated carbocycles. The van der Waals surface area contributed by atoms with E-state index < -0.39 is 12.2 Å². The third kappa shape index (κ3) is 9.35. The number of carbonyl (C=O) groups excluding carboxylic acids is 1. The van der Waals surface area contributed by atoms with Crippen LogP contribution in [0.25, 0.3) is 0 Å². The van der Waals surface area contributed by atoms with Crippen molar-refractivity contribution < 1.29 is 54.1 Å². The standard InChI is InChI=1S/C13H12N2O3.CH2O3.Na/c16-12-11(7-4-8-14-12)15-13(17)18-9-10-5-2-1-3-6-10;2-1(3)4;/h1-8H,9H2,(H,14,16)(H,15,17);(H2,2,3,4);/q;;+1/p-1. The van der Waals surface area contributed by atoms with Crippen molar-refractivity contribution in [2.24, 2.45) is 0 Å². The number of anilines is 1. The van der Waals surface area contributed by atoms with Crippen molar-refractivity contribution in [2.75, 3.05) is 5.32 Å². The number of aromatic amines is 1. The van der Waals surface area contributed by atoms with E-state index in [0.717, 1.165) is 5.56 Å². The van der Waals surface area contributed by atoms with Gasteiger partial charge >= 0.3 is 35.7 Å². The Bertz CT molecular complexity index is 670. The summed E-state index contributed by atoms with van der Waals surface area (Å²) in [6.45, 7) is 0.164. The number of ether oxygens (including phenoxy) is 1. The van der Waals surface area contributed by atoms with Crippen molar-refractivity contribution in [1.29, 1.82) is 0 Å². The minimum atomic E-state index is -2.08. The molecule has 0 saturated heterocycles. The van der Waals surface area contributed by atoms with Gasteiger partial charge in [-0.2, -0.15) is 0 Å². The smallest absolute Gasteiger partial charge is 0.565 e. The van der Waals surface area contributed by atoms with Gasteiger partial charge in [-0.1, -0.05) is 30.3 Å². The third-order valence-corrected chi connectivity index (χ3v) is 2.27. The molecule has 0 aliphatic heterocycles. The molecule has 1 amide bonds. The Labute approximate surface area is 153 Å². The van der Waals surface area contributed by atoms with Crippen LogP contribution in [0.1, 0.15) is 5.56 Å². The second-order valence-corrected chi connectivity index (χ2v) is 3.87. The van der Waals surface area contributed by atoms with E-state index in [9.17, 15) is 9.59 Å². The molecule has 1 aromatic carbocycles. The fourth-order valence-corrected chi connectivity index (χ4v) is 1.39. The molecule has 1 aromatic heterocycles. The number of hydrogen-bond donors (Lipinski definition) is 3. The van der Waals surface area contributed by atoms with Crippen LogP contribution >= 0.6 is 0 Å². The van der Waals surface area contributed by atoms with Crippen LogP contribution in [0.3, 0.4) is 0 Å². The molecule has 3 N–H and O–H groups in total. The monoisotopic (exact) mass is 328 g/mol. The van der Waals surface area contributed by atoms with Gasteiger partial charge in [-0.05, 0) is 17.7 Å².